The van der Waals surface area contributed by atoms with Crippen molar-refractivity contribution in [2.45, 2.75) is 18.9 Å². The average Bonchev–Trinajstić information content (AvgIpc) is 2.88. The fourth-order valence-corrected chi connectivity index (χ4v) is 2.86. The predicted octanol–water partition coefficient (Wildman–Crippen LogP) is -0.197. The van der Waals surface area contributed by atoms with Gasteiger partial charge in [-0.05, 0) is 6.07 Å². The minimum atomic E-state index is -3.62. The van der Waals surface area contributed by atoms with Crippen molar-refractivity contribution < 1.29 is 13.6 Å². The van der Waals surface area contributed by atoms with Crippen LogP contribution in [0.4, 0.5) is 0 Å². The lowest BCUT2D eigenvalue weighted by Gasteiger charge is -2.22. The molecule has 1 aromatic rings. The molecule has 0 saturated carbocycles. The van der Waals surface area contributed by atoms with Gasteiger partial charge >= 0.3 is 0 Å². The molecule has 0 radical (unpaired) electrons. The van der Waals surface area contributed by atoms with Crippen molar-refractivity contribution in [1.82, 2.24) is 14.5 Å². The van der Waals surface area contributed by atoms with Crippen molar-refractivity contribution in [1.29, 1.82) is 0 Å². The van der Waals surface area contributed by atoms with Crippen LogP contribution >= 0.6 is 0 Å². The first-order chi connectivity index (χ1) is 8.43. The largest absolute Gasteiger partial charge is 0.409 e. The van der Waals surface area contributed by atoms with Gasteiger partial charge in [0, 0.05) is 19.0 Å². The Labute approximate surface area is 106 Å². The molecule has 4 N–H and O–H groups in total. The van der Waals surface area contributed by atoms with Gasteiger partial charge in [-0.1, -0.05) is 19.0 Å². The molecular weight excluding hydrogens is 258 g/mol. The van der Waals surface area contributed by atoms with E-state index in [-0.39, 0.29) is 29.9 Å². The Morgan fingerprint density at radius 2 is 2.39 bits per heavy atom. The second-order valence-corrected chi connectivity index (χ2v) is 5.71. The number of H-pyrrole nitrogens is 1. The Morgan fingerprint density at radius 3 is 2.83 bits per heavy atom. The van der Waals surface area contributed by atoms with Gasteiger partial charge in [0.05, 0.1) is 6.20 Å². The van der Waals surface area contributed by atoms with Crippen LogP contribution in [-0.2, 0) is 10.0 Å². The summed E-state index contributed by atoms with van der Waals surface area (Å²) in [6.45, 7) is 3.81. The summed E-state index contributed by atoms with van der Waals surface area (Å²) in [6, 6.07) is 1.38. The van der Waals surface area contributed by atoms with Crippen LogP contribution in [0.25, 0.3) is 0 Å². The molecule has 18 heavy (non-hydrogen) atoms. The van der Waals surface area contributed by atoms with Gasteiger partial charge in [-0.3, -0.25) is 5.10 Å². The number of nitrogens with one attached hydrogen (secondary N) is 1. The number of rotatable bonds is 6. The summed E-state index contributed by atoms with van der Waals surface area (Å²) < 4.78 is 25.6. The lowest BCUT2D eigenvalue weighted by molar-refractivity contribution is 0.311. The molecule has 0 saturated heterocycles. The van der Waals surface area contributed by atoms with E-state index in [0.29, 0.717) is 0 Å². The molecule has 1 heterocycles. The third kappa shape index (κ3) is 2.99. The second-order valence-electron chi connectivity index (χ2n) is 3.80. The van der Waals surface area contributed by atoms with Gasteiger partial charge in [-0.15, -0.1) is 0 Å². The molecule has 0 aromatic carbocycles. The number of aromatic amines is 1. The smallest absolute Gasteiger partial charge is 0.259 e. The second kappa shape index (κ2) is 5.83. The van der Waals surface area contributed by atoms with Gasteiger partial charge in [0.25, 0.3) is 10.0 Å². The molecule has 0 aliphatic rings. The summed E-state index contributed by atoms with van der Waals surface area (Å²) in [5.74, 6) is -0.388. The highest BCUT2D eigenvalue weighted by Gasteiger charge is 2.26. The first kappa shape index (κ1) is 14.5. The first-order valence-corrected chi connectivity index (χ1v) is 6.84. The molecule has 0 aliphatic carbocycles. The Kier molecular flexibility index (Phi) is 4.68. The number of hydrogen-bond acceptors (Lipinski definition) is 5. The quantitative estimate of drug-likeness (QED) is 0.287. The summed E-state index contributed by atoms with van der Waals surface area (Å²) in [5, 5.41) is 17.5. The topological polar surface area (TPSA) is 125 Å². The van der Waals surface area contributed by atoms with E-state index in [2.05, 4.69) is 15.4 Å². The number of amidine groups is 1. The van der Waals surface area contributed by atoms with Crippen LogP contribution in [0.2, 0.25) is 0 Å². The first-order valence-electron chi connectivity index (χ1n) is 5.40. The molecule has 0 fully saturated rings. The van der Waals surface area contributed by atoms with Gasteiger partial charge in [0.1, 0.15) is 5.84 Å². The Hall–Kier alpha value is -1.61. The Balaban J connectivity index is 2.91. The molecule has 1 unspecified atom stereocenters. The monoisotopic (exact) mass is 275 g/mol. The molecule has 1 aromatic heterocycles. The van der Waals surface area contributed by atoms with E-state index < -0.39 is 10.0 Å². The van der Waals surface area contributed by atoms with Crippen LogP contribution in [0, 0.1) is 5.92 Å². The molecule has 0 aliphatic heterocycles. The van der Waals surface area contributed by atoms with Crippen molar-refractivity contribution in [2.24, 2.45) is 16.8 Å². The van der Waals surface area contributed by atoms with E-state index in [1.54, 1.807) is 13.8 Å². The highest BCUT2D eigenvalue weighted by atomic mass is 32.2. The van der Waals surface area contributed by atoms with E-state index in [1.807, 2.05) is 0 Å². The zero-order valence-electron chi connectivity index (χ0n) is 10.2. The maximum Gasteiger partial charge on any atom is 0.259 e. The minimum Gasteiger partial charge on any atom is -0.409 e. The van der Waals surface area contributed by atoms with E-state index in [1.165, 1.54) is 16.6 Å². The molecule has 0 bridgehead atoms. The van der Waals surface area contributed by atoms with E-state index in [4.69, 9.17) is 10.9 Å². The van der Waals surface area contributed by atoms with Gasteiger partial charge in [-0.25, -0.2) is 8.42 Å². The third-order valence-corrected chi connectivity index (χ3v) is 4.41. The molecule has 8 nitrogen and oxygen atoms in total. The predicted molar refractivity (Wildman–Crippen MR) is 65.6 cm³/mol. The highest BCUT2D eigenvalue weighted by molar-refractivity contribution is 7.89. The maximum atomic E-state index is 12.2. The van der Waals surface area contributed by atoms with Crippen LogP contribution < -0.4 is 5.73 Å². The lowest BCUT2D eigenvalue weighted by Crippen LogP contribution is -2.38. The lowest BCUT2D eigenvalue weighted by atomic mass is 10.1. The molecular formula is C9H17N5O3S. The van der Waals surface area contributed by atoms with E-state index >= 15 is 0 Å². The molecule has 0 amide bonds. The Bertz CT molecular complexity index is 496. The molecule has 1 rings (SSSR count). The summed E-state index contributed by atoms with van der Waals surface area (Å²) in [4.78, 5) is 0. The Morgan fingerprint density at radius 1 is 1.72 bits per heavy atom. The number of nitrogens with zero attached hydrogens (tertiary/aromatic N) is 3. The van der Waals surface area contributed by atoms with Gasteiger partial charge in [0.2, 0.25) is 0 Å². The van der Waals surface area contributed by atoms with Crippen LogP contribution in [0.5, 0.6) is 0 Å². The highest BCUT2D eigenvalue weighted by Crippen LogP contribution is 2.14. The average molecular weight is 275 g/mol. The normalized spacial score (nSPS) is 14.9. The van der Waals surface area contributed by atoms with Crippen molar-refractivity contribution >= 4 is 15.9 Å². The van der Waals surface area contributed by atoms with Crippen molar-refractivity contribution in [3.63, 3.8) is 0 Å². The number of sulfonamides is 1. The fourth-order valence-electron chi connectivity index (χ4n) is 1.42. The summed E-state index contributed by atoms with van der Waals surface area (Å²) in [5.41, 5.74) is 5.44. The van der Waals surface area contributed by atoms with Crippen molar-refractivity contribution in [2.75, 3.05) is 13.1 Å². The molecule has 1 atom stereocenters. The zero-order chi connectivity index (χ0) is 13.8. The van der Waals surface area contributed by atoms with Crippen LogP contribution in [0.15, 0.2) is 22.4 Å². The molecule has 0 spiro atoms. The fraction of sp³-hybridized carbons (Fsp3) is 0.556. The number of oxime groups is 1. The molecule has 102 valence electrons. The van der Waals surface area contributed by atoms with E-state index in [0.717, 1.165) is 0 Å². The standard InChI is InChI=1S/C9H17N5O3S/c1-3-14(6-7(2)9(10)13-15)18(16,17)8-4-5-11-12-8/h4-5,7,15H,3,6H2,1-2H3,(H2,10,13)(H,11,12). The van der Waals surface area contributed by atoms with Gasteiger partial charge in [0.15, 0.2) is 5.03 Å². The number of aromatic nitrogens is 2. The number of nitrogens with two attached hydrogens (primary N) is 1. The van der Waals surface area contributed by atoms with Crippen LogP contribution in [-0.4, -0.2) is 47.1 Å². The maximum absolute atomic E-state index is 12.2. The SMILES string of the molecule is CCN(CC(C)C(N)=NO)S(=O)(=O)c1ccn[nH]1. The minimum absolute atomic E-state index is 0.00624. The summed E-state index contributed by atoms with van der Waals surface area (Å²) in [6.07, 6.45) is 1.37. The van der Waals surface area contributed by atoms with Gasteiger partial charge < -0.3 is 10.9 Å². The van der Waals surface area contributed by atoms with Gasteiger partial charge in [-0.2, -0.15) is 9.40 Å². The zero-order valence-corrected chi connectivity index (χ0v) is 11.1. The summed E-state index contributed by atoms with van der Waals surface area (Å²) in [7, 11) is -3.62. The summed E-state index contributed by atoms with van der Waals surface area (Å²) >= 11 is 0. The number of hydrogen-bond donors (Lipinski definition) is 3. The van der Waals surface area contributed by atoms with E-state index in [9.17, 15) is 8.42 Å². The van der Waals surface area contributed by atoms with Crippen molar-refractivity contribution in [3.8, 4) is 0 Å². The van der Waals surface area contributed by atoms with Crippen LogP contribution in [0.3, 0.4) is 0 Å². The third-order valence-electron chi connectivity index (χ3n) is 2.54. The van der Waals surface area contributed by atoms with Crippen molar-refractivity contribution in [3.05, 3.63) is 12.3 Å². The molecule has 9 heteroatoms. The van der Waals surface area contributed by atoms with Crippen LogP contribution in [0.1, 0.15) is 13.8 Å².